The number of amides is 2. The van der Waals surface area contributed by atoms with Gasteiger partial charge in [0.05, 0.1) is 6.04 Å². The van der Waals surface area contributed by atoms with Gasteiger partial charge in [0.25, 0.3) is 11.8 Å². The van der Waals surface area contributed by atoms with Gasteiger partial charge in [-0.3, -0.25) is 19.6 Å². The summed E-state index contributed by atoms with van der Waals surface area (Å²) in [5.41, 5.74) is 1.54. The van der Waals surface area contributed by atoms with Crippen molar-refractivity contribution in [1.82, 2.24) is 20.6 Å². The molecule has 2 aromatic heterocycles. The molecule has 0 saturated heterocycles. The van der Waals surface area contributed by atoms with E-state index in [0.29, 0.717) is 11.4 Å². The van der Waals surface area contributed by atoms with Gasteiger partial charge in [-0.25, -0.2) is 0 Å². The minimum absolute atomic E-state index is 0.234. The summed E-state index contributed by atoms with van der Waals surface area (Å²) >= 11 is 0. The van der Waals surface area contributed by atoms with Crippen molar-refractivity contribution < 1.29 is 9.59 Å². The van der Waals surface area contributed by atoms with Crippen LogP contribution in [0.3, 0.4) is 0 Å². The third kappa shape index (κ3) is 4.51. The van der Waals surface area contributed by atoms with Crippen LogP contribution in [0.25, 0.3) is 0 Å². The number of benzene rings is 1. The number of hydrogen-bond acceptors (Lipinski definition) is 4. The van der Waals surface area contributed by atoms with Gasteiger partial charge in [0.15, 0.2) is 0 Å². The van der Waals surface area contributed by atoms with E-state index in [2.05, 4.69) is 20.6 Å². The lowest BCUT2D eigenvalue weighted by Gasteiger charge is -2.19. The highest BCUT2D eigenvalue weighted by atomic mass is 16.2. The Kier molecular flexibility index (Phi) is 5.67. The average molecular weight is 346 g/mol. The first-order valence-electron chi connectivity index (χ1n) is 8.20. The van der Waals surface area contributed by atoms with Crippen molar-refractivity contribution in [3.8, 4) is 0 Å². The molecule has 0 spiro atoms. The summed E-state index contributed by atoms with van der Waals surface area (Å²) in [6.07, 6.45) is 3.13. The van der Waals surface area contributed by atoms with Crippen molar-refractivity contribution in [3.63, 3.8) is 0 Å². The van der Waals surface area contributed by atoms with Gasteiger partial charge in [0, 0.05) is 18.9 Å². The molecule has 26 heavy (non-hydrogen) atoms. The fourth-order valence-electron chi connectivity index (χ4n) is 2.45. The van der Waals surface area contributed by atoms with Crippen molar-refractivity contribution in [2.75, 3.05) is 6.54 Å². The van der Waals surface area contributed by atoms with Gasteiger partial charge < -0.3 is 10.6 Å². The summed E-state index contributed by atoms with van der Waals surface area (Å²) in [4.78, 5) is 32.8. The van der Waals surface area contributed by atoms with Crippen LogP contribution in [-0.4, -0.2) is 28.3 Å². The SMILES string of the molecule is O=C(NC[C@H](NC(=O)c1ccccn1)c1ccccc1)c1ccccn1. The lowest BCUT2D eigenvalue weighted by atomic mass is 10.1. The largest absolute Gasteiger partial charge is 0.348 e. The molecule has 2 amide bonds. The van der Waals surface area contributed by atoms with Crippen molar-refractivity contribution in [1.29, 1.82) is 0 Å². The monoisotopic (exact) mass is 346 g/mol. The molecular weight excluding hydrogens is 328 g/mol. The normalized spacial score (nSPS) is 11.4. The zero-order chi connectivity index (χ0) is 18.2. The summed E-state index contributed by atoms with van der Waals surface area (Å²) in [6, 6.07) is 19.4. The number of carbonyl (C=O) groups is 2. The standard InChI is InChI=1S/C20H18N4O2/c25-19(16-10-4-6-12-21-16)23-14-18(15-8-2-1-3-9-15)24-20(26)17-11-5-7-13-22-17/h1-13,18H,14H2,(H,23,25)(H,24,26)/t18-/m0/s1. The van der Waals surface area contributed by atoms with Crippen LogP contribution in [0.4, 0.5) is 0 Å². The van der Waals surface area contributed by atoms with E-state index in [9.17, 15) is 9.59 Å². The maximum atomic E-state index is 12.4. The van der Waals surface area contributed by atoms with Gasteiger partial charge in [0.2, 0.25) is 0 Å². The van der Waals surface area contributed by atoms with Gasteiger partial charge in [-0.2, -0.15) is 0 Å². The Morgan fingerprint density at radius 3 is 1.92 bits per heavy atom. The summed E-state index contributed by atoms with van der Waals surface area (Å²) < 4.78 is 0. The third-order valence-electron chi connectivity index (χ3n) is 3.77. The predicted octanol–water partition coefficient (Wildman–Crippen LogP) is 2.38. The van der Waals surface area contributed by atoms with E-state index in [1.807, 2.05) is 30.3 Å². The Bertz CT molecular complexity index is 855. The molecule has 0 aliphatic carbocycles. The second kappa shape index (κ2) is 8.53. The van der Waals surface area contributed by atoms with Gasteiger partial charge in [0.1, 0.15) is 11.4 Å². The Morgan fingerprint density at radius 1 is 0.769 bits per heavy atom. The molecule has 130 valence electrons. The van der Waals surface area contributed by atoms with Gasteiger partial charge >= 0.3 is 0 Å². The Labute approximate surface area is 151 Å². The highest BCUT2D eigenvalue weighted by Crippen LogP contribution is 2.12. The highest BCUT2D eigenvalue weighted by Gasteiger charge is 2.18. The second-order valence-electron chi connectivity index (χ2n) is 5.58. The molecule has 0 fully saturated rings. The molecule has 6 heteroatoms. The molecule has 1 aromatic carbocycles. The van der Waals surface area contributed by atoms with Gasteiger partial charge in [-0.15, -0.1) is 0 Å². The molecule has 3 rings (SSSR count). The minimum atomic E-state index is -0.390. The molecule has 0 bridgehead atoms. The molecule has 0 saturated carbocycles. The molecule has 6 nitrogen and oxygen atoms in total. The molecular formula is C20H18N4O2. The first kappa shape index (κ1) is 17.3. The summed E-state index contributed by atoms with van der Waals surface area (Å²) in [6.45, 7) is 0.234. The van der Waals surface area contributed by atoms with Crippen molar-refractivity contribution in [3.05, 3.63) is 96.1 Å². The van der Waals surface area contributed by atoms with Crippen LogP contribution in [0.15, 0.2) is 79.1 Å². The van der Waals surface area contributed by atoms with E-state index in [0.717, 1.165) is 5.56 Å². The van der Waals surface area contributed by atoms with Crippen molar-refractivity contribution >= 4 is 11.8 Å². The fourth-order valence-corrected chi connectivity index (χ4v) is 2.45. The van der Waals surface area contributed by atoms with E-state index in [-0.39, 0.29) is 18.4 Å². The van der Waals surface area contributed by atoms with Gasteiger partial charge in [-0.05, 0) is 29.8 Å². The quantitative estimate of drug-likeness (QED) is 0.718. The van der Waals surface area contributed by atoms with Gasteiger partial charge in [-0.1, -0.05) is 42.5 Å². The van der Waals surface area contributed by atoms with Crippen molar-refractivity contribution in [2.45, 2.75) is 6.04 Å². The number of carbonyl (C=O) groups excluding carboxylic acids is 2. The predicted molar refractivity (Wildman–Crippen MR) is 97.5 cm³/mol. The molecule has 1 atom stereocenters. The fraction of sp³-hybridized carbons (Fsp3) is 0.100. The summed E-state index contributed by atoms with van der Waals surface area (Å²) in [7, 11) is 0. The van der Waals surface area contributed by atoms with Crippen LogP contribution < -0.4 is 10.6 Å². The zero-order valence-corrected chi connectivity index (χ0v) is 14.0. The lowest BCUT2D eigenvalue weighted by molar-refractivity contribution is 0.0903. The first-order chi connectivity index (χ1) is 12.7. The Morgan fingerprint density at radius 2 is 1.35 bits per heavy atom. The number of rotatable bonds is 6. The summed E-state index contributed by atoms with van der Waals surface area (Å²) in [5.74, 6) is -0.592. The number of aromatic nitrogens is 2. The first-order valence-corrected chi connectivity index (χ1v) is 8.20. The topological polar surface area (TPSA) is 84.0 Å². The van der Waals surface area contributed by atoms with E-state index < -0.39 is 6.04 Å². The van der Waals surface area contributed by atoms with Crippen LogP contribution in [0.2, 0.25) is 0 Å². The Balaban J connectivity index is 1.72. The number of nitrogens with one attached hydrogen (secondary N) is 2. The van der Waals surface area contributed by atoms with Crippen LogP contribution in [-0.2, 0) is 0 Å². The number of pyridine rings is 2. The van der Waals surface area contributed by atoms with Crippen LogP contribution >= 0.6 is 0 Å². The van der Waals surface area contributed by atoms with Crippen LogP contribution in [0.1, 0.15) is 32.6 Å². The molecule has 2 heterocycles. The zero-order valence-electron chi connectivity index (χ0n) is 14.0. The number of hydrogen-bond donors (Lipinski definition) is 2. The van der Waals surface area contributed by atoms with E-state index >= 15 is 0 Å². The second-order valence-corrected chi connectivity index (χ2v) is 5.58. The molecule has 0 aliphatic rings. The van der Waals surface area contributed by atoms with E-state index in [1.165, 1.54) is 0 Å². The molecule has 0 unspecified atom stereocenters. The van der Waals surface area contributed by atoms with E-state index in [4.69, 9.17) is 0 Å². The van der Waals surface area contributed by atoms with Crippen molar-refractivity contribution in [2.24, 2.45) is 0 Å². The minimum Gasteiger partial charge on any atom is -0.348 e. The summed E-state index contributed by atoms with van der Waals surface area (Å²) in [5, 5.41) is 5.74. The van der Waals surface area contributed by atoms with Crippen LogP contribution in [0.5, 0.6) is 0 Å². The maximum absolute atomic E-state index is 12.4. The van der Waals surface area contributed by atoms with E-state index in [1.54, 1.807) is 48.8 Å². The van der Waals surface area contributed by atoms with Crippen LogP contribution in [0, 0.1) is 0 Å². The molecule has 0 aliphatic heterocycles. The Hall–Kier alpha value is -3.54. The molecule has 2 N–H and O–H groups in total. The number of nitrogens with zero attached hydrogens (tertiary/aromatic N) is 2. The average Bonchev–Trinajstić information content (AvgIpc) is 2.72. The highest BCUT2D eigenvalue weighted by molar-refractivity contribution is 5.93. The molecule has 3 aromatic rings. The third-order valence-corrected chi connectivity index (χ3v) is 3.77. The smallest absolute Gasteiger partial charge is 0.270 e. The molecule has 0 radical (unpaired) electrons. The maximum Gasteiger partial charge on any atom is 0.270 e. The lowest BCUT2D eigenvalue weighted by Crippen LogP contribution is -2.38.